The molecule has 0 saturated heterocycles. The average Bonchev–Trinajstić information content (AvgIpc) is 2.49. The van der Waals surface area contributed by atoms with E-state index in [2.05, 4.69) is 16.7 Å². The van der Waals surface area contributed by atoms with Crippen LogP contribution in [0.4, 0.5) is 10.5 Å². The van der Waals surface area contributed by atoms with Crippen LogP contribution < -0.4 is 10.6 Å². The van der Waals surface area contributed by atoms with Crippen LogP contribution >= 0.6 is 11.6 Å². The standard InChI is InChI=1S/C16H25ClN2O2/c17-10-11-18-16(21)19-15-9-6-8-14(13-15)7-4-2-1-3-5-12-20/h6,8-9,13,20H,1-5,7,10-12H2,(H2,18,19,21). The first-order valence-electron chi connectivity index (χ1n) is 7.57. The Balaban J connectivity index is 2.29. The largest absolute Gasteiger partial charge is 0.396 e. The number of carbonyl (C=O) groups excluding carboxylic acids is 1. The third-order valence-electron chi connectivity index (χ3n) is 3.19. The first-order valence-corrected chi connectivity index (χ1v) is 8.10. The lowest BCUT2D eigenvalue weighted by atomic mass is 10.0. The van der Waals surface area contributed by atoms with E-state index in [1.807, 2.05) is 18.2 Å². The number of halogens is 1. The molecular formula is C16H25ClN2O2. The number of rotatable bonds is 10. The summed E-state index contributed by atoms with van der Waals surface area (Å²) >= 11 is 5.52. The molecule has 0 radical (unpaired) electrons. The summed E-state index contributed by atoms with van der Waals surface area (Å²) in [6, 6.07) is 7.70. The molecule has 0 aromatic heterocycles. The van der Waals surface area contributed by atoms with Gasteiger partial charge in [0.05, 0.1) is 0 Å². The number of hydrogen-bond donors (Lipinski definition) is 3. The molecule has 0 heterocycles. The molecule has 3 N–H and O–H groups in total. The number of nitrogens with one attached hydrogen (secondary N) is 2. The number of aryl methyl sites for hydroxylation is 1. The number of aliphatic hydroxyl groups excluding tert-OH is 1. The van der Waals surface area contributed by atoms with Crippen molar-refractivity contribution in [3.63, 3.8) is 0 Å². The van der Waals surface area contributed by atoms with Gasteiger partial charge in [-0.2, -0.15) is 0 Å². The zero-order valence-corrected chi connectivity index (χ0v) is 13.2. The van der Waals surface area contributed by atoms with E-state index in [1.165, 1.54) is 18.4 Å². The lowest BCUT2D eigenvalue weighted by Crippen LogP contribution is -2.30. The fourth-order valence-corrected chi connectivity index (χ4v) is 2.21. The molecule has 0 aliphatic carbocycles. The molecule has 5 heteroatoms. The van der Waals surface area contributed by atoms with Gasteiger partial charge >= 0.3 is 6.03 Å². The molecule has 2 amide bonds. The summed E-state index contributed by atoms with van der Waals surface area (Å²) in [5.41, 5.74) is 2.03. The summed E-state index contributed by atoms with van der Waals surface area (Å²) in [4.78, 5) is 11.5. The first-order chi connectivity index (χ1) is 10.3. The van der Waals surface area contributed by atoms with Crippen molar-refractivity contribution in [3.8, 4) is 0 Å². The molecule has 0 aliphatic rings. The van der Waals surface area contributed by atoms with Crippen molar-refractivity contribution >= 4 is 23.3 Å². The van der Waals surface area contributed by atoms with Crippen LogP contribution in [0.15, 0.2) is 24.3 Å². The minimum absolute atomic E-state index is 0.225. The quantitative estimate of drug-likeness (QED) is 0.457. The summed E-state index contributed by atoms with van der Waals surface area (Å²) in [6.45, 7) is 0.750. The average molecular weight is 313 g/mol. The maximum atomic E-state index is 11.5. The summed E-state index contributed by atoms with van der Waals surface area (Å²) < 4.78 is 0. The maximum Gasteiger partial charge on any atom is 0.319 e. The minimum atomic E-state index is -0.225. The van der Waals surface area contributed by atoms with E-state index in [4.69, 9.17) is 16.7 Å². The first kappa shape index (κ1) is 17.8. The van der Waals surface area contributed by atoms with E-state index < -0.39 is 0 Å². The minimum Gasteiger partial charge on any atom is -0.396 e. The van der Waals surface area contributed by atoms with E-state index in [-0.39, 0.29) is 6.03 Å². The van der Waals surface area contributed by atoms with Crippen molar-refractivity contribution in [2.24, 2.45) is 0 Å². The maximum absolute atomic E-state index is 11.5. The van der Waals surface area contributed by atoms with Crippen LogP contribution in [0.1, 0.15) is 37.7 Å². The number of unbranched alkanes of at least 4 members (excludes halogenated alkanes) is 4. The van der Waals surface area contributed by atoms with Crippen LogP contribution in [0.5, 0.6) is 0 Å². The lowest BCUT2D eigenvalue weighted by molar-refractivity contribution is 0.252. The number of benzene rings is 1. The van der Waals surface area contributed by atoms with Crippen LogP contribution in [0.3, 0.4) is 0 Å². The number of urea groups is 1. The Morgan fingerprint density at radius 3 is 2.67 bits per heavy atom. The van der Waals surface area contributed by atoms with Crippen molar-refractivity contribution in [1.29, 1.82) is 0 Å². The van der Waals surface area contributed by atoms with Crippen LogP contribution in [0.25, 0.3) is 0 Å². The van der Waals surface area contributed by atoms with E-state index in [0.29, 0.717) is 19.0 Å². The summed E-state index contributed by atoms with van der Waals surface area (Å²) in [7, 11) is 0. The highest BCUT2D eigenvalue weighted by Crippen LogP contribution is 2.14. The van der Waals surface area contributed by atoms with Gasteiger partial charge in [0, 0.05) is 24.7 Å². The molecule has 1 aromatic rings. The zero-order chi connectivity index (χ0) is 15.3. The third kappa shape index (κ3) is 8.58. The Kier molecular flexibility index (Phi) is 9.66. The molecule has 4 nitrogen and oxygen atoms in total. The number of carbonyl (C=O) groups is 1. The second-order valence-corrected chi connectivity index (χ2v) is 5.39. The fourth-order valence-electron chi connectivity index (χ4n) is 2.11. The smallest absolute Gasteiger partial charge is 0.319 e. The van der Waals surface area contributed by atoms with Gasteiger partial charge in [0.1, 0.15) is 0 Å². The Hall–Kier alpha value is -1.26. The van der Waals surface area contributed by atoms with Gasteiger partial charge in [-0.25, -0.2) is 4.79 Å². The monoisotopic (exact) mass is 312 g/mol. The topological polar surface area (TPSA) is 61.4 Å². The van der Waals surface area contributed by atoms with Gasteiger partial charge in [0.25, 0.3) is 0 Å². The van der Waals surface area contributed by atoms with Crippen molar-refractivity contribution < 1.29 is 9.90 Å². The highest BCUT2D eigenvalue weighted by molar-refractivity contribution is 6.18. The van der Waals surface area contributed by atoms with Crippen LogP contribution in [-0.4, -0.2) is 30.2 Å². The van der Waals surface area contributed by atoms with Crippen molar-refractivity contribution in [2.75, 3.05) is 24.3 Å². The second-order valence-electron chi connectivity index (χ2n) is 5.01. The summed E-state index contributed by atoms with van der Waals surface area (Å²) in [5, 5.41) is 14.2. The molecule has 0 saturated carbocycles. The molecule has 21 heavy (non-hydrogen) atoms. The SMILES string of the molecule is O=C(NCCCl)Nc1cccc(CCCCCCCO)c1. The van der Waals surface area contributed by atoms with Gasteiger partial charge < -0.3 is 15.7 Å². The number of amides is 2. The zero-order valence-electron chi connectivity index (χ0n) is 12.4. The molecule has 1 aromatic carbocycles. The second kappa shape index (κ2) is 11.4. The van der Waals surface area contributed by atoms with Crippen LogP contribution in [0.2, 0.25) is 0 Å². The molecule has 0 spiro atoms. The van der Waals surface area contributed by atoms with E-state index in [0.717, 1.165) is 31.4 Å². The van der Waals surface area contributed by atoms with Crippen molar-refractivity contribution in [2.45, 2.75) is 38.5 Å². The fraction of sp³-hybridized carbons (Fsp3) is 0.562. The summed E-state index contributed by atoms with van der Waals surface area (Å²) in [6.07, 6.45) is 6.48. The van der Waals surface area contributed by atoms with Crippen LogP contribution in [0, 0.1) is 0 Å². The van der Waals surface area contributed by atoms with Crippen LogP contribution in [-0.2, 0) is 6.42 Å². The molecule has 1 rings (SSSR count). The Morgan fingerprint density at radius 2 is 1.90 bits per heavy atom. The third-order valence-corrected chi connectivity index (χ3v) is 3.38. The van der Waals surface area contributed by atoms with Crippen molar-refractivity contribution in [3.05, 3.63) is 29.8 Å². The highest BCUT2D eigenvalue weighted by atomic mass is 35.5. The molecule has 118 valence electrons. The lowest BCUT2D eigenvalue weighted by Gasteiger charge is -2.08. The number of anilines is 1. The van der Waals surface area contributed by atoms with Gasteiger partial charge in [0.2, 0.25) is 0 Å². The summed E-state index contributed by atoms with van der Waals surface area (Å²) in [5.74, 6) is 0.406. The van der Waals surface area contributed by atoms with Gasteiger partial charge in [-0.15, -0.1) is 11.6 Å². The Morgan fingerprint density at radius 1 is 1.14 bits per heavy atom. The van der Waals surface area contributed by atoms with Gasteiger partial charge in [-0.3, -0.25) is 0 Å². The van der Waals surface area contributed by atoms with E-state index in [1.54, 1.807) is 0 Å². The Bertz CT molecular complexity index is 413. The van der Waals surface area contributed by atoms with Crippen molar-refractivity contribution in [1.82, 2.24) is 5.32 Å². The molecule has 0 bridgehead atoms. The van der Waals surface area contributed by atoms with Gasteiger partial charge in [-0.05, 0) is 37.0 Å². The normalized spacial score (nSPS) is 10.4. The number of aliphatic hydroxyl groups is 1. The van der Waals surface area contributed by atoms with Gasteiger partial charge in [0.15, 0.2) is 0 Å². The predicted octanol–water partition coefficient (Wildman–Crippen LogP) is 3.53. The predicted molar refractivity (Wildman–Crippen MR) is 88.1 cm³/mol. The van der Waals surface area contributed by atoms with E-state index >= 15 is 0 Å². The van der Waals surface area contributed by atoms with Gasteiger partial charge in [-0.1, -0.05) is 31.4 Å². The molecular weight excluding hydrogens is 288 g/mol. The highest BCUT2D eigenvalue weighted by Gasteiger charge is 2.01. The Labute approximate surface area is 131 Å². The number of hydrogen-bond acceptors (Lipinski definition) is 2. The molecule has 0 unspecified atom stereocenters. The number of alkyl halides is 1. The molecule has 0 aliphatic heterocycles. The van der Waals surface area contributed by atoms with E-state index in [9.17, 15) is 4.79 Å². The molecule has 0 atom stereocenters. The molecule has 0 fully saturated rings.